The molecule has 1 aliphatic rings. The highest BCUT2D eigenvalue weighted by Crippen LogP contribution is 2.33. The third kappa shape index (κ3) is 2.41. The Morgan fingerprint density at radius 2 is 2.20 bits per heavy atom. The van der Waals surface area contributed by atoms with Gasteiger partial charge in [-0.3, -0.25) is 9.78 Å². The maximum atomic E-state index is 12.7. The van der Waals surface area contributed by atoms with E-state index >= 15 is 0 Å². The minimum absolute atomic E-state index is 0.0334. The zero-order chi connectivity index (χ0) is 14.1. The molecule has 20 heavy (non-hydrogen) atoms. The molecule has 5 heteroatoms. The first-order valence-corrected chi connectivity index (χ1v) is 7.12. The number of aromatic nitrogens is 1. The number of para-hydroxylation sites is 2. The first-order valence-electron chi connectivity index (χ1n) is 6.33. The molecule has 1 unspecified atom stereocenters. The van der Waals surface area contributed by atoms with Gasteiger partial charge >= 0.3 is 0 Å². The second-order valence-electron chi connectivity index (χ2n) is 4.70. The second-order valence-corrected chi connectivity index (χ2v) is 5.62. The van der Waals surface area contributed by atoms with Gasteiger partial charge in [-0.25, -0.2) is 0 Å². The fraction of sp³-hybridized carbons (Fsp3) is 0.200. The predicted molar refractivity (Wildman–Crippen MR) is 80.1 cm³/mol. The molecule has 0 aliphatic carbocycles. The summed E-state index contributed by atoms with van der Waals surface area (Å²) in [6.07, 6.45) is 3.21. The van der Waals surface area contributed by atoms with Crippen LogP contribution in [-0.2, 0) is 0 Å². The van der Waals surface area contributed by atoms with Gasteiger partial charge in [-0.1, -0.05) is 12.1 Å². The highest BCUT2D eigenvalue weighted by Gasteiger charge is 2.28. The summed E-state index contributed by atoms with van der Waals surface area (Å²) in [6.45, 7) is 2.48. The number of pyridine rings is 1. The van der Waals surface area contributed by atoms with Crippen LogP contribution in [0.2, 0.25) is 0 Å². The smallest absolute Gasteiger partial charge is 0.260 e. The average molecular weight is 333 g/mol. The number of carbonyl (C=O) groups is 1. The van der Waals surface area contributed by atoms with Crippen molar-refractivity contribution in [2.45, 2.75) is 13.0 Å². The number of ether oxygens (including phenoxy) is 1. The van der Waals surface area contributed by atoms with Crippen molar-refractivity contribution in [1.82, 2.24) is 4.98 Å². The normalized spacial score (nSPS) is 17.3. The average Bonchev–Trinajstić information content (AvgIpc) is 2.45. The Hall–Kier alpha value is -1.88. The summed E-state index contributed by atoms with van der Waals surface area (Å²) in [5, 5.41) is 0. The largest absolute Gasteiger partial charge is 0.487 e. The Morgan fingerprint density at radius 1 is 1.40 bits per heavy atom. The third-order valence-corrected chi connectivity index (χ3v) is 3.55. The summed E-state index contributed by atoms with van der Waals surface area (Å²) < 4.78 is 6.54. The molecule has 1 aromatic heterocycles. The molecule has 0 bridgehead atoms. The van der Waals surface area contributed by atoms with Crippen LogP contribution in [0.4, 0.5) is 5.69 Å². The van der Waals surface area contributed by atoms with Crippen LogP contribution < -0.4 is 9.64 Å². The van der Waals surface area contributed by atoms with Crippen LogP contribution in [0.3, 0.4) is 0 Å². The van der Waals surface area contributed by atoms with Crippen molar-refractivity contribution in [3.8, 4) is 5.75 Å². The molecule has 3 rings (SSSR count). The van der Waals surface area contributed by atoms with Crippen molar-refractivity contribution in [1.29, 1.82) is 0 Å². The topological polar surface area (TPSA) is 42.4 Å². The van der Waals surface area contributed by atoms with Gasteiger partial charge < -0.3 is 9.64 Å². The van der Waals surface area contributed by atoms with Crippen LogP contribution in [-0.4, -0.2) is 23.5 Å². The van der Waals surface area contributed by atoms with E-state index in [9.17, 15) is 4.79 Å². The summed E-state index contributed by atoms with van der Waals surface area (Å²) in [6, 6.07) is 9.35. The third-order valence-electron chi connectivity index (χ3n) is 3.12. The number of carbonyl (C=O) groups excluding carboxylic acids is 1. The monoisotopic (exact) mass is 332 g/mol. The zero-order valence-electron chi connectivity index (χ0n) is 10.9. The minimum atomic E-state index is -0.0681. The van der Waals surface area contributed by atoms with Gasteiger partial charge in [0.2, 0.25) is 0 Å². The molecule has 1 atom stereocenters. The van der Waals surface area contributed by atoms with Gasteiger partial charge in [0.05, 0.1) is 17.8 Å². The Morgan fingerprint density at radius 3 is 3.00 bits per heavy atom. The Kier molecular flexibility index (Phi) is 3.44. The SMILES string of the molecule is CC1CN(C(=O)c2cncc(Br)c2)c2ccccc2O1. The van der Waals surface area contributed by atoms with Gasteiger partial charge in [-0.2, -0.15) is 0 Å². The number of nitrogens with zero attached hydrogens (tertiary/aromatic N) is 2. The molecule has 0 saturated heterocycles. The minimum Gasteiger partial charge on any atom is -0.487 e. The number of amides is 1. The molecule has 0 radical (unpaired) electrons. The van der Waals surface area contributed by atoms with E-state index in [1.54, 1.807) is 23.4 Å². The lowest BCUT2D eigenvalue weighted by atomic mass is 10.1. The molecular formula is C15H13BrN2O2. The van der Waals surface area contributed by atoms with E-state index < -0.39 is 0 Å². The molecule has 2 heterocycles. The molecule has 1 aromatic carbocycles. The number of rotatable bonds is 1. The van der Waals surface area contributed by atoms with E-state index in [1.165, 1.54) is 0 Å². The van der Waals surface area contributed by atoms with Crippen molar-refractivity contribution >= 4 is 27.5 Å². The summed E-state index contributed by atoms with van der Waals surface area (Å²) in [4.78, 5) is 18.5. The van der Waals surface area contributed by atoms with E-state index in [1.807, 2.05) is 31.2 Å². The van der Waals surface area contributed by atoms with Crippen LogP contribution in [0, 0.1) is 0 Å². The van der Waals surface area contributed by atoms with Gasteiger partial charge in [-0.15, -0.1) is 0 Å². The van der Waals surface area contributed by atoms with Crippen molar-refractivity contribution in [2.24, 2.45) is 0 Å². The highest BCUT2D eigenvalue weighted by atomic mass is 79.9. The fourth-order valence-electron chi connectivity index (χ4n) is 2.27. The Bertz CT molecular complexity index is 660. The van der Waals surface area contributed by atoms with Gasteiger partial charge in [0.25, 0.3) is 5.91 Å². The first kappa shape index (κ1) is 13.1. The van der Waals surface area contributed by atoms with Crippen molar-refractivity contribution in [3.05, 3.63) is 52.8 Å². The zero-order valence-corrected chi connectivity index (χ0v) is 12.5. The lowest BCUT2D eigenvalue weighted by Gasteiger charge is -2.33. The molecule has 4 nitrogen and oxygen atoms in total. The molecule has 0 spiro atoms. The van der Waals surface area contributed by atoms with Gasteiger partial charge in [0.1, 0.15) is 11.9 Å². The van der Waals surface area contributed by atoms with Gasteiger partial charge in [0.15, 0.2) is 0 Å². The van der Waals surface area contributed by atoms with Crippen molar-refractivity contribution in [3.63, 3.8) is 0 Å². The molecule has 2 aromatic rings. The summed E-state index contributed by atoms with van der Waals surface area (Å²) in [7, 11) is 0. The van der Waals surface area contributed by atoms with E-state index in [2.05, 4.69) is 20.9 Å². The lowest BCUT2D eigenvalue weighted by Crippen LogP contribution is -2.42. The molecule has 1 amide bonds. The number of benzene rings is 1. The highest BCUT2D eigenvalue weighted by molar-refractivity contribution is 9.10. The summed E-state index contributed by atoms with van der Waals surface area (Å²) in [5.74, 6) is 0.670. The molecule has 1 aliphatic heterocycles. The van der Waals surface area contributed by atoms with E-state index in [0.717, 1.165) is 15.9 Å². The van der Waals surface area contributed by atoms with E-state index in [-0.39, 0.29) is 12.0 Å². The van der Waals surface area contributed by atoms with Crippen molar-refractivity contribution < 1.29 is 9.53 Å². The van der Waals surface area contributed by atoms with Crippen LogP contribution in [0.5, 0.6) is 5.75 Å². The van der Waals surface area contributed by atoms with E-state index in [0.29, 0.717) is 12.1 Å². The van der Waals surface area contributed by atoms with Crippen LogP contribution >= 0.6 is 15.9 Å². The summed E-state index contributed by atoms with van der Waals surface area (Å²) in [5.41, 5.74) is 1.36. The molecule has 0 saturated carbocycles. The van der Waals surface area contributed by atoms with Crippen molar-refractivity contribution in [2.75, 3.05) is 11.4 Å². The number of hydrogen-bond acceptors (Lipinski definition) is 3. The van der Waals surface area contributed by atoms with Crippen LogP contribution in [0.15, 0.2) is 47.2 Å². The fourth-order valence-corrected chi connectivity index (χ4v) is 2.63. The first-order chi connectivity index (χ1) is 9.65. The number of hydrogen-bond donors (Lipinski definition) is 0. The molecular weight excluding hydrogens is 320 g/mol. The quantitative estimate of drug-likeness (QED) is 0.804. The maximum Gasteiger partial charge on any atom is 0.260 e. The number of halogens is 1. The van der Waals surface area contributed by atoms with Crippen LogP contribution in [0.25, 0.3) is 0 Å². The van der Waals surface area contributed by atoms with Crippen LogP contribution in [0.1, 0.15) is 17.3 Å². The lowest BCUT2D eigenvalue weighted by molar-refractivity contribution is 0.0960. The Labute approximate surface area is 125 Å². The van der Waals surface area contributed by atoms with E-state index in [4.69, 9.17) is 4.74 Å². The number of fused-ring (bicyclic) bond motifs is 1. The predicted octanol–water partition coefficient (Wildman–Crippen LogP) is 3.27. The van der Waals surface area contributed by atoms with Gasteiger partial charge in [0, 0.05) is 16.9 Å². The molecule has 0 fully saturated rings. The molecule has 0 N–H and O–H groups in total. The van der Waals surface area contributed by atoms with Gasteiger partial charge in [-0.05, 0) is 41.1 Å². The summed E-state index contributed by atoms with van der Waals surface area (Å²) >= 11 is 3.34. The molecule has 102 valence electrons. The standard InChI is InChI=1S/C15H13BrN2O2/c1-10-9-18(13-4-2-3-5-14(13)20-10)15(19)11-6-12(16)8-17-7-11/h2-8,10H,9H2,1H3. The second kappa shape index (κ2) is 5.25. The Balaban J connectivity index is 2.00. The number of anilines is 1. The maximum absolute atomic E-state index is 12.7.